The maximum Gasteiger partial charge on any atom is 0.123 e. The van der Waals surface area contributed by atoms with Gasteiger partial charge in [0.25, 0.3) is 0 Å². The van der Waals surface area contributed by atoms with Gasteiger partial charge in [0.2, 0.25) is 0 Å². The second kappa shape index (κ2) is 3.42. The predicted octanol–water partition coefficient (Wildman–Crippen LogP) is 2.15. The quantitative estimate of drug-likeness (QED) is 0.760. The Kier molecular flexibility index (Phi) is 2.25. The average molecular weight is 189 g/mol. The number of nitrogens with one attached hydrogen (secondary N) is 1. The Bertz CT molecular complexity index is 443. The van der Waals surface area contributed by atoms with Crippen molar-refractivity contribution in [3.8, 4) is 0 Å². The van der Waals surface area contributed by atoms with Crippen LogP contribution in [0.4, 0.5) is 0 Å². The molecule has 2 aromatic rings. The molecule has 0 spiro atoms. The third kappa shape index (κ3) is 1.40. The molecule has 0 saturated carbocycles. The van der Waals surface area contributed by atoms with E-state index in [0.717, 1.165) is 23.3 Å². The monoisotopic (exact) mass is 189 g/mol. The lowest BCUT2D eigenvalue weighted by Gasteiger charge is -1.96. The van der Waals surface area contributed by atoms with E-state index in [0.29, 0.717) is 0 Å². The minimum Gasteiger partial charge on any atom is -0.341 e. The predicted molar refractivity (Wildman–Crippen MR) is 58.1 cm³/mol. The molecule has 1 unspecified atom stereocenters. The van der Waals surface area contributed by atoms with Crippen molar-refractivity contribution < 1.29 is 0 Å². The van der Waals surface area contributed by atoms with E-state index < -0.39 is 0 Å². The molecule has 1 aromatic carbocycles. The molecule has 0 amide bonds. The lowest BCUT2D eigenvalue weighted by atomic mass is 10.1. The highest BCUT2D eigenvalue weighted by molar-refractivity contribution is 5.78. The highest BCUT2D eigenvalue weighted by atomic mass is 15.0. The van der Waals surface area contributed by atoms with Crippen molar-refractivity contribution in [3.63, 3.8) is 0 Å². The highest BCUT2D eigenvalue weighted by Gasteiger charge is 2.08. The second-order valence-corrected chi connectivity index (χ2v) is 3.58. The minimum absolute atomic E-state index is 0.0351. The van der Waals surface area contributed by atoms with E-state index in [1.165, 1.54) is 5.56 Å². The van der Waals surface area contributed by atoms with E-state index in [-0.39, 0.29) is 6.04 Å². The Morgan fingerprint density at radius 1 is 1.50 bits per heavy atom. The Morgan fingerprint density at radius 2 is 2.29 bits per heavy atom. The number of imidazole rings is 1. The molecule has 14 heavy (non-hydrogen) atoms. The summed E-state index contributed by atoms with van der Waals surface area (Å²) in [6.45, 7) is 4.07. The molecule has 2 rings (SSSR count). The number of benzene rings is 1. The molecule has 0 fully saturated rings. The summed E-state index contributed by atoms with van der Waals surface area (Å²) >= 11 is 0. The number of nitrogens with zero attached hydrogens (tertiary/aromatic N) is 1. The third-order valence-electron chi connectivity index (χ3n) is 2.43. The molecular weight excluding hydrogens is 174 g/mol. The highest BCUT2D eigenvalue weighted by Crippen LogP contribution is 2.18. The van der Waals surface area contributed by atoms with Crippen molar-refractivity contribution in [1.29, 1.82) is 0 Å². The molecule has 0 saturated heterocycles. The Balaban J connectivity index is 2.64. The molecule has 74 valence electrons. The first-order valence-corrected chi connectivity index (χ1v) is 4.95. The largest absolute Gasteiger partial charge is 0.341 e. The number of rotatable bonds is 2. The van der Waals surface area contributed by atoms with Crippen molar-refractivity contribution in [2.45, 2.75) is 26.3 Å². The summed E-state index contributed by atoms with van der Waals surface area (Å²) in [5.41, 5.74) is 9.18. The molecule has 3 N–H and O–H groups in total. The van der Waals surface area contributed by atoms with Gasteiger partial charge in [-0.25, -0.2) is 4.98 Å². The SMILES string of the molecule is CCc1cccc2[nH]c(C(C)N)nc12. The van der Waals surface area contributed by atoms with Gasteiger partial charge in [0.1, 0.15) is 5.82 Å². The van der Waals surface area contributed by atoms with Gasteiger partial charge >= 0.3 is 0 Å². The normalized spacial score (nSPS) is 13.4. The third-order valence-corrected chi connectivity index (χ3v) is 2.43. The lowest BCUT2D eigenvalue weighted by molar-refractivity contribution is 0.759. The Labute approximate surface area is 83.3 Å². The number of aromatic amines is 1. The Morgan fingerprint density at radius 3 is 2.93 bits per heavy atom. The first-order valence-electron chi connectivity index (χ1n) is 4.95. The molecule has 3 heteroatoms. The maximum absolute atomic E-state index is 5.78. The van der Waals surface area contributed by atoms with Crippen LogP contribution in [0.1, 0.15) is 31.3 Å². The number of para-hydroxylation sites is 1. The topological polar surface area (TPSA) is 54.7 Å². The molecule has 1 aromatic heterocycles. The first kappa shape index (κ1) is 9.21. The standard InChI is InChI=1S/C11H15N3/c1-3-8-5-4-6-9-10(8)14-11(13-9)7(2)12/h4-7H,3,12H2,1-2H3,(H,13,14). The van der Waals surface area contributed by atoms with Crippen LogP contribution in [0.15, 0.2) is 18.2 Å². The van der Waals surface area contributed by atoms with Crippen molar-refractivity contribution >= 4 is 11.0 Å². The molecule has 0 bridgehead atoms. The summed E-state index contributed by atoms with van der Waals surface area (Å²) in [5, 5.41) is 0. The summed E-state index contributed by atoms with van der Waals surface area (Å²) in [6.07, 6.45) is 1.00. The van der Waals surface area contributed by atoms with Crippen molar-refractivity contribution in [2.75, 3.05) is 0 Å². The van der Waals surface area contributed by atoms with Crippen molar-refractivity contribution in [1.82, 2.24) is 9.97 Å². The molecule has 0 aliphatic carbocycles. The van der Waals surface area contributed by atoms with E-state index >= 15 is 0 Å². The Hall–Kier alpha value is -1.35. The maximum atomic E-state index is 5.78. The van der Waals surface area contributed by atoms with Gasteiger partial charge in [-0.05, 0) is 25.0 Å². The van der Waals surface area contributed by atoms with Crippen LogP contribution in [0.5, 0.6) is 0 Å². The number of fused-ring (bicyclic) bond motifs is 1. The fraction of sp³-hybridized carbons (Fsp3) is 0.364. The van der Waals surface area contributed by atoms with Gasteiger partial charge in [-0.15, -0.1) is 0 Å². The molecule has 1 atom stereocenters. The fourth-order valence-corrected chi connectivity index (χ4v) is 1.61. The second-order valence-electron chi connectivity index (χ2n) is 3.58. The number of hydrogen-bond acceptors (Lipinski definition) is 2. The average Bonchev–Trinajstić information content (AvgIpc) is 2.60. The van der Waals surface area contributed by atoms with E-state index in [4.69, 9.17) is 5.73 Å². The van der Waals surface area contributed by atoms with E-state index in [2.05, 4.69) is 23.0 Å². The van der Waals surface area contributed by atoms with Gasteiger partial charge < -0.3 is 10.7 Å². The van der Waals surface area contributed by atoms with Crippen LogP contribution >= 0.6 is 0 Å². The van der Waals surface area contributed by atoms with Crippen LogP contribution in [0, 0.1) is 0 Å². The van der Waals surface area contributed by atoms with E-state index in [9.17, 15) is 0 Å². The van der Waals surface area contributed by atoms with Crippen LogP contribution in [0.25, 0.3) is 11.0 Å². The van der Waals surface area contributed by atoms with Crippen LogP contribution in [0.2, 0.25) is 0 Å². The zero-order valence-corrected chi connectivity index (χ0v) is 8.54. The summed E-state index contributed by atoms with van der Waals surface area (Å²) in [6, 6.07) is 6.15. The molecule has 0 radical (unpaired) electrons. The van der Waals surface area contributed by atoms with E-state index in [1.54, 1.807) is 0 Å². The molecule has 0 aliphatic rings. The number of nitrogens with two attached hydrogens (primary N) is 1. The van der Waals surface area contributed by atoms with Crippen molar-refractivity contribution in [3.05, 3.63) is 29.6 Å². The molecular formula is C11H15N3. The van der Waals surface area contributed by atoms with E-state index in [1.807, 2.05) is 19.1 Å². The summed E-state index contributed by atoms with van der Waals surface area (Å²) in [5.74, 6) is 0.862. The molecule has 3 nitrogen and oxygen atoms in total. The molecule has 1 heterocycles. The van der Waals surface area contributed by atoms with Gasteiger partial charge in [0.05, 0.1) is 17.1 Å². The van der Waals surface area contributed by atoms with Gasteiger partial charge in [-0.3, -0.25) is 0 Å². The van der Waals surface area contributed by atoms with Gasteiger partial charge in [-0.2, -0.15) is 0 Å². The van der Waals surface area contributed by atoms with Crippen molar-refractivity contribution in [2.24, 2.45) is 5.73 Å². The van der Waals surface area contributed by atoms with Gasteiger partial charge in [-0.1, -0.05) is 19.1 Å². The number of aromatic nitrogens is 2. The van der Waals surface area contributed by atoms with Crippen LogP contribution < -0.4 is 5.73 Å². The fourth-order valence-electron chi connectivity index (χ4n) is 1.61. The summed E-state index contributed by atoms with van der Waals surface area (Å²) < 4.78 is 0. The smallest absolute Gasteiger partial charge is 0.123 e. The lowest BCUT2D eigenvalue weighted by Crippen LogP contribution is -2.06. The van der Waals surface area contributed by atoms with Crippen LogP contribution in [-0.2, 0) is 6.42 Å². The van der Waals surface area contributed by atoms with Gasteiger partial charge in [0.15, 0.2) is 0 Å². The molecule has 0 aliphatic heterocycles. The number of H-pyrrole nitrogens is 1. The summed E-state index contributed by atoms with van der Waals surface area (Å²) in [4.78, 5) is 7.74. The zero-order chi connectivity index (χ0) is 10.1. The van der Waals surface area contributed by atoms with Gasteiger partial charge in [0, 0.05) is 0 Å². The summed E-state index contributed by atoms with van der Waals surface area (Å²) in [7, 11) is 0. The number of hydrogen-bond donors (Lipinski definition) is 2. The van der Waals surface area contributed by atoms with Crippen LogP contribution in [0.3, 0.4) is 0 Å². The first-order chi connectivity index (χ1) is 6.72. The minimum atomic E-state index is -0.0351. The number of aryl methyl sites for hydroxylation is 1. The van der Waals surface area contributed by atoms with Crippen LogP contribution in [-0.4, -0.2) is 9.97 Å². The zero-order valence-electron chi connectivity index (χ0n) is 8.54.